The van der Waals surface area contributed by atoms with Crippen LogP contribution >= 0.6 is 0 Å². The van der Waals surface area contributed by atoms with Crippen molar-refractivity contribution >= 4 is 11.0 Å². The Kier molecular flexibility index (Phi) is 7.61. The molecule has 2 aliphatic rings. The molecule has 1 aromatic heterocycles. The van der Waals surface area contributed by atoms with Crippen LogP contribution < -0.4 is 15.1 Å². The minimum atomic E-state index is -1.70. The number of hydrogen-bond acceptors (Lipinski definition) is 13. The molecule has 6 N–H and O–H groups in total. The summed E-state index contributed by atoms with van der Waals surface area (Å²) in [4.78, 5) is 11.6. The van der Waals surface area contributed by atoms with E-state index in [1.165, 1.54) is 38.3 Å². The molecule has 0 unspecified atom stereocenters. The van der Waals surface area contributed by atoms with E-state index in [9.17, 15) is 35.4 Å². The van der Waals surface area contributed by atoms with Gasteiger partial charge in [0.05, 0.1) is 19.8 Å². The molecule has 2 fully saturated rings. The van der Waals surface area contributed by atoms with Gasteiger partial charge < -0.3 is 58.7 Å². The van der Waals surface area contributed by atoms with Crippen LogP contribution in [0.25, 0.3) is 11.0 Å². The maximum absolute atomic E-state index is 11.6. The van der Waals surface area contributed by atoms with Crippen molar-refractivity contribution in [3.63, 3.8) is 0 Å². The minimum Gasteiger partial charge on any atom is -0.493 e. The van der Waals surface area contributed by atoms with Gasteiger partial charge >= 0.3 is 5.63 Å². The third kappa shape index (κ3) is 5.00. The molecule has 13 heteroatoms. The van der Waals surface area contributed by atoms with Crippen molar-refractivity contribution in [2.24, 2.45) is 0 Å². The Morgan fingerprint density at radius 2 is 1.63 bits per heavy atom. The van der Waals surface area contributed by atoms with Crippen molar-refractivity contribution in [3.8, 4) is 11.5 Å². The molecule has 194 valence electrons. The molecule has 2 saturated heterocycles. The number of aliphatic hydroxyl groups excluding tert-OH is 6. The Morgan fingerprint density at radius 1 is 0.886 bits per heavy atom. The van der Waals surface area contributed by atoms with Gasteiger partial charge in [0.1, 0.15) is 42.2 Å². The quantitative estimate of drug-likeness (QED) is 0.235. The van der Waals surface area contributed by atoms with Gasteiger partial charge in [-0.25, -0.2) is 4.79 Å². The van der Waals surface area contributed by atoms with Crippen LogP contribution in [0, 0.1) is 0 Å². The predicted molar refractivity (Wildman–Crippen MR) is 115 cm³/mol. The number of ether oxygens (including phenoxy) is 5. The van der Waals surface area contributed by atoms with E-state index in [0.717, 1.165) is 0 Å². The second-order valence-corrected chi connectivity index (χ2v) is 8.40. The summed E-state index contributed by atoms with van der Waals surface area (Å²) in [5, 5.41) is 61.6. The van der Waals surface area contributed by atoms with Gasteiger partial charge in [0, 0.05) is 17.5 Å². The van der Waals surface area contributed by atoms with Crippen molar-refractivity contribution in [2.75, 3.05) is 13.7 Å². The fraction of sp³-hybridized carbons (Fsp3) is 0.591. The summed E-state index contributed by atoms with van der Waals surface area (Å²) < 4.78 is 33.1. The number of fused-ring (bicyclic) bond motifs is 1. The molecule has 2 aliphatic heterocycles. The molecule has 10 atom stereocenters. The molecule has 1 aromatic carbocycles. The summed E-state index contributed by atoms with van der Waals surface area (Å²) in [6.07, 6.45) is -14.7. The first-order chi connectivity index (χ1) is 16.6. The van der Waals surface area contributed by atoms with E-state index < -0.39 is 73.6 Å². The molecule has 0 aliphatic carbocycles. The van der Waals surface area contributed by atoms with E-state index in [2.05, 4.69) is 0 Å². The Bertz CT molecular complexity index is 1070. The van der Waals surface area contributed by atoms with Gasteiger partial charge in [-0.1, -0.05) is 0 Å². The van der Waals surface area contributed by atoms with Crippen LogP contribution in [0.4, 0.5) is 0 Å². The van der Waals surface area contributed by atoms with E-state index in [1.807, 2.05) is 0 Å². The highest BCUT2D eigenvalue weighted by Gasteiger charge is 2.51. The molecule has 3 heterocycles. The predicted octanol–water partition coefficient (Wildman–Crippen LogP) is -2.17. The second kappa shape index (κ2) is 10.3. The number of hydrogen-bond donors (Lipinski definition) is 6. The average Bonchev–Trinajstić information content (AvgIpc) is 2.84. The van der Waals surface area contributed by atoms with Gasteiger partial charge in [-0.15, -0.1) is 0 Å². The summed E-state index contributed by atoms with van der Waals surface area (Å²) in [6.45, 7) is 0.779. The monoisotopic (exact) mass is 500 g/mol. The zero-order valence-corrected chi connectivity index (χ0v) is 18.8. The van der Waals surface area contributed by atoms with Crippen LogP contribution in [0.5, 0.6) is 11.5 Å². The Labute approximate surface area is 198 Å². The first-order valence-corrected chi connectivity index (χ1v) is 10.9. The molecule has 0 amide bonds. The third-order valence-corrected chi connectivity index (χ3v) is 6.07. The van der Waals surface area contributed by atoms with Crippen molar-refractivity contribution in [1.82, 2.24) is 0 Å². The highest BCUT2D eigenvalue weighted by molar-refractivity contribution is 5.80. The SMILES string of the molecule is COc1cc2ccc(=O)oc2cc1O[C@@H]1O[C@H](CO)[C@@H](O)[C@H](O)[C@H]1O[C@@H]1O[C@@H](C)[C@H](O)[C@@H](O)[C@H]1O. The zero-order chi connectivity index (χ0) is 25.4. The molecular formula is C22H28O13. The third-order valence-electron chi connectivity index (χ3n) is 6.07. The van der Waals surface area contributed by atoms with Crippen LogP contribution in [0.1, 0.15) is 6.92 Å². The lowest BCUT2D eigenvalue weighted by Gasteiger charge is -2.45. The van der Waals surface area contributed by atoms with Gasteiger partial charge in [-0.2, -0.15) is 0 Å². The van der Waals surface area contributed by atoms with E-state index in [-0.39, 0.29) is 17.1 Å². The summed E-state index contributed by atoms with van der Waals surface area (Å²) in [7, 11) is 1.37. The molecule has 4 rings (SSSR count). The van der Waals surface area contributed by atoms with Gasteiger partial charge in [0.25, 0.3) is 0 Å². The van der Waals surface area contributed by atoms with Crippen molar-refractivity contribution < 1.29 is 58.7 Å². The summed E-state index contributed by atoms with van der Waals surface area (Å²) in [5.74, 6) is 0.221. The molecule has 35 heavy (non-hydrogen) atoms. The lowest BCUT2D eigenvalue weighted by atomic mass is 9.97. The summed E-state index contributed by atoms with van der Waals surface area (Å²) in [6, 6.07) is 5.66. The van der Waals surface area contributed by atoms with Crippen molar-refractivity contribution in [3.05, 3.63) is 34.7 Å². The highest BCUT2D eigenvalue weighted by atomic mass is 16.8. The molecular weight excluding hydrogens is 472 g/mol. The smallest absolute Gasteiger partial charge is 0.336 e. The lowest BCUT2D eigenvalue weighted by molar-refractivity contribution is -0.354. The maximum Gasteiger partial charge on any atom is 0.336 e. The van der Waals surface area contributed by atoms with E-state index >= 15 is 0 Å². The van der Waals surface area contributed by atoms with E-state index in [0.29, 0.717) is 5.39 Å². The molecule has 0 radical (unpaired) electrons. The van der Waals surface area contributed by atoms with E-state index in [1.54, 1.807) is 0 Å². The molecule has 0 saturated carbocycles. The Morgan fingerprint density at radius 3 is 2.31 bits per heavy atom. The summed E-state index contributed by atoms with van der Waals surface area (Å²) in [5.41, 5.74) is -0.432. The van der Waals surface area contributed by atoms with Crippen molar-refractivity contribution in [1.29, 1.82) is 0 Å². The standard InChI is InChI=1S/C22H28O13/c1-8-15(25)17(27)19(29)21(31-8)35-20-18(28)16(26)13(7-23)34-22(20)33-12-6-10-9(5-11(12)30-2)3-4-14(24)32-10/h3-6,8,13,15-23,25-29H,7H2,1-2H3/t8-,13+,15-,16+,17+,18-,19+,20+,21-,22+/m0/s1. The fourth-order valence-electron chi connectivity index (χ4n) is 4.03. The lowest BCUT2D eigenvalue weighted by Crippen LogP contribution is -2.64. The molecule has 13 nitrogen and oxygen atoms in total. The van der Waals surface area contributed by atoms with Crippen LogP contribution in [-0.4, -0.2) is 106 Å². The first-order valence-electron chi connectivity index (χ1n) is 10.9. The van der Waals surface area contributed by atoms with Crippen LogP contribution in [-0.2, 0) is 14.2 Å². The molecule has 2 aromatic rings. The van der Waals surface area contributed by atoms with Gasteiger partial charge in [0.2, 0.25) is 6.29 Å². The number of benzene rings is 1. The largest absolute Gasteiger partial charge is 0.493 e. The first kappa shape index (κ1) is 25.8. The van der Waals surface area contributed by atoms with Crippen LogP contribution in [0.2, 0.25) is 0 Å². The average molecular weight is 500 g/mol. The number of methoxy groups -OCH3 is 1. The van der Waals surface area contributed by atoms with Crippen LogP contribution in [0.3, 0.4) is 0 Å². The summed E-state index contributed by atoms with van der Waals surface area (Å²) >= 11 is 0. The van der Waals surface area contributed by atoms with Crippen molar-refractivity contribution in [2.45, 2.75) is 68.3 Å². The maximum atomic E-state index is 11.6. The van der Waals surface area contributed by atoms with Gasteiger partial charge in [-0.3, -0.25) is 0 Å². The number of rotatable bonds is 6. The Hall–Kier alpha value is -2.33. The van der Waals surface area contributed by atoms with Gasteiger partial charge in [0.15, 0.2) is 23.9 Å². The number of aliphatic hydroxyl groups is 6. The molecule has 0 bridgehead atoms. The van der Waals surface area contributed by atoms with Gasteiger partial charge in [-0.05, 0) is 19.1 Å². The van der Waals surface area contributed by atoms with Crippen LogP contribution in [0.15, 0.2) is 33.5 Å². The van der Waals surface area contributed by atoms with E-state index in [4.69, 9.17) is 28.1 Å². The zero-order valence-electron chi connectivity index (χ0n) is 18.8. The second-order valence-electron chi connectivity index (χ2n) is 8.40. The fourth-order valence-corrected chi connectivity index (χ4v) is 4.03. The molecule has 0 spiro atoms. The minimum absolute atomic E-state index is 0.0159. The normalized spacial score (nSPS) is 37.8. The highest BCUT2D eigenvalue weighted by Crippen LogP contribution is 2.36. The topological polar surface area (TPSA) is 198 Å². The Balaban J connectivity index is 1.66.